The summed E-state index contributed by atoms with van der Waals surface area (Å²) in [4.78, 5) is 4.97. The summed E-state index contributed by atoms with van der Waals surface area (Å²) in [7, 11) is -3.40. The van der Waals surface area contributed by atoms with Crippen molar-refractivity contribution in [1.82, 2.24) is 9.29 Å². The molecule has 1 aliphatic heterocycles. The van der Waals surface area contributed by atoms with Crippen LogP contribution in [0.1, 0.15) is 61.2 Å². The Morgan fingerprint density at radius 3 is 2.40 bits per heavy atom. The van der Waals surface area contributed by atoms with Crippen molar-refractivity contribution in [3.05, 3.63) is 45.9 Å². The molecule has 2 heterocycles. The summed E-state index contributed by atoms with van der Waals surface area (Å²) < 4.78 is 27.4. The van der Waals surface area contributed by atoms with Crippen molar-refractivity contribution in [2.45, 2.75) is 56.8 Å². The minimum atomic E-state index is -3.40. The van der Waals surface area contributed by atoms with E-state index >= 15 is 0 Å². The molecule has 6 heteroatoms. The van der Waals surface area contributed by atoms with Crippen LogP contribution in [-0.2, 0) is 10.0 Å². The van der Waals surface area contributed by atoms with Gasteiger partial charge in [0.25, 0.3) is 0 Å². The largest absolute Gasteiger partial charge is 0.246 e. The van der Waals surface area contributed by atoms with Crippen molar-refractivity contribution in [2.24, 2.45) is 0 Å². The Balaban J connectivity index is 1.69. The lowest BCUT2D eigenvalue weighted by Crippen LogP contribution is -2.37. The monoisotopic (exact) mass is 378 g/mol. The van der Waals surface area contributed by atoms with Crippen LogP contribution in [0.4, 0.5) is 0 Å². The second-order valence-electron chi connectivity index (χ2n) is 6.88. The first-order chi connectivity index (χ1) is 11.9. The van der Waals surface area contributed by atoms with Crippen molar-refractivity contribution < 1.29 is 8.42 Å². The predicted molar refractivity (Wildman–Crippen MR) is 103 cm³/mol. The van der Waals surface area contributed by atoms with Gasteiger partial charge in [-0.2, -0.15) is 4.31 Å². The van der Waals surface area contributed by atoms with Crippen LogP contribution in [0.5, 0.6) is 0 Å². The Hall–Kier alpha value is -1.24. The molecule has 0 amide bonds. The number of aromatic nitrogens is 1. The molecule has 1 saturated heterocycles. The van der Waals surface area contributed by atoms with E-state index in [1.165, 1.54) is 5.56 Å². The van der Waals surface area contributed by atoms with Crippen LogP contribution in [0.2, 0.25) is 0 Å². The number of rotatable bonds is 5. The molecular formula is C19H26N2O2S2. The van der Waals surface area contributed by atoms with Crippen LogP contribution in [0.25, 0.3) is 0 Å². The van der Waals surface area contributed by atoms with Crippen LogP contribution >= 0.6 is 11.3 Å². The molecule has 1 aromatic carbocycles. The molecule has 1 atom stereocenters. The lowest BCUT2D eigenvalue weighted by molar-refractivity contribution is 0.319. The highest BCUT2D eigenvalue weighted by Gasteiger charge is 2.30. The average Bonchev–Trinajstić information content (AvgIpc) is 3.07. The molecule has 4 nitrogen and oxygen atoms in total. The van der Waals surface area contributed by atoms with Gasteiger partial charge in [0.2, 0.25) is 10.0 Å². The van der Waals surface area contributed by atoms with Gasteiger partial charge in [0.15, 0.2) is 0 Å². The van der Waals surface area contributed by atoms with Crippen molar-refractivity contribution in [1.29, 1.82) is 0 Å². The second-order valence-corrected chi connectivity index (χ2v) is 9.71. The summed E-state index contributed by atoms with van der Waals surface area (Å²) in [6.45, 7) is 7.44. The molecule has 3 rings (SSSR count). The normalized spacial score (nSPS) is 18.4. The van der Waals surface area contributed by atoms with E-state index in [1.54, 1.807) is 27.8 Å². The molecule has 0 N–H and O–H groups in total. The number of piperidine rings is 1. The number of hydrogen-bond acceptors (Lipinski definition) is 4. The molecule has 136 valence electrons. The Morgan fingerprint density at radius 2 is 1.88 bits per heavy atom. The van der Waals surface area contributed by atoms with E-state index in [-0.39, 0.29) is 0 Å². The highest BCUT2D eigenvalue weighted by molar-refractivity contribution is 7.89. The summed E-state index contributed by atoms with van der Waals surface area (Å²) in [5.41, 5.74) is 2.25. The lowest BCUT2D eigenvalue weighted by atomic mass is 9.99. The SMILES string of the molecule is CCC(C)c1ccc(S(=O)(=O)N2CCC(c3nc(C)cs3)CC2)cc1. The summed E-state index contributed by atoms with van der Waals surface area (Å²) in [5, 5.41) is 3.21. The Bertz CT molecular complexity index is 804. The van der Waals surface area contributed by atoms with Crippen LogP contribution in [-0.4, -0.2) is 30.8 Å². The average molecular weight is 379 g/mol. The first-order valence-electron chi connectivity index (χ1n) is 8.94. The van der Waals surface area contributed by atoms with Crippen molar-refractivity contribution in [3.8, 4) is 0 Å². The van der Waals surface area contributed by atoms with E-state index in [1.807, 2.05) is 19.1 Å². The quantitative estimate of drug-likeness (QED) is 0.768. The highest BCUT2D eigenvalue weighted by atomic mass is 32.2. The molecule has 1 fully saturated rings. The number of thiazole rings is 1. The van der Waals surface area contributed by atoms with Gasteiger partial charge in [-0.25, -0.2) is 13.4 Å². The zero-order chi connectivity index (χ0) is 18.0. The van der Waals surface area contributed by atoms with Crippen molar-refractivity contribution >= 4 is 21.4 Å². The summed E-state index contributed by atoms with van der Waals surface area (Å²) in [5.74, 6) is 0.840. The predicted octanol–water partition coefficient (Wildman–Crippen LogP) is 4.53. The fourth-order valence-corrected chi connectivity index (χ4v) is 5.69. The molecular weight excluding hydrogens is 352 g/mol. The van der Waals surface area contributed by atoms with Gasteiger partial charge in [-0.15, -0.1) is 11.3 Å². The maximum absolute atomic E-state index is 12.9. The number of sulfonamides is 1. The maximum Gasteiger partial charge on any atom is 0.243 e. The van der Waals surface area contributed by atoms with Gasteiger partial charge in [-0.3, -0.25) is 0 Å². The Morgan fingerprint density at radius 1 is 1.24 bits per heavy atom. The van der Waals surface area contributed by atoms with Gasteiger partial charge in [0.05, 0.1) is 9.90 Å². The zero-order valence-electron chi connectivity index (χ0n) is 15.1. The molecule has 0 bridgehead atoms. The number of aryl methyl sites for hydroxylation is 1. The van der Waals surface area contributed by atoms with Crippen molar-refractivity contribution in [2.75, 3.05) is 13.1 Å². The molecule has 1 aliphatic rings. The smallest absolute Gasteiger partial charge is 0.243 e. The summed E-state index contributed by atoms with van der Waals surface area (Å²) in [6, 6.07) is 7.42. The van der Waals surface area contributed by atoms with Crippen LogP contribution in [0, 0.1) is 6.92 Å². The molecule has 1 aromatic heterocycles. The molecule has 0 radical (unpaired) electrons. The third kappa shape index (κ3) is 3.96. The first-order valence-corrected chi connectivity index (χ1v) is 11.3. The number of hydrogen-bond donors (Lipinski definition) is 0. The summed E-state index contributed by atoms with van der Waals surface area (Å²) in [6.07, 6.45) is 2.74. The van der Waals surface area contributed by atoms with E-state index in [2.05, 4.69) is 24.2 Å². The molecule has 0 aliphatic carbocycles. The molecule has 25 heavy (non-hydrogen) atoms. The number of benzene rings is 1. The fraction of sp³-hybridized carbons (Fsp3) is 0.526. The molecule has 0 spiro atoms. The second kappa shape index (κ2) is 7.56. The van der Waals surface area contributed by atoms with Gasteiger partial charge in [-0.1, -0.05) is 26.0 Å². The van der Waals surface area contributed by atoms with Gasteiger partial charge in [0, 0.05) is 30.1 Å². The summed E-state index contributed by atoms with van der Waals surface area (Å²) >= 11 is 1.69. The third-order valence-electron chi connectivity index (χ3n) is 5.14. The van der Waals surface area contributed by atoms with Gasteiger partial charge in [-0.05, 0) is 49.8 Å². The van der Waals surface area contributed by atoms with E-state index in [0.717, 1.165) is 30.0 Å². The van der Waals surface area contributed by atoms with Gasteiger partial charge in [0.1, 0.15) is 0 Å². The van der Waals surface area contributed by atoms with Crippen LogP contribution in [0.15, 0.2) is 34.5 Å². The molecule has 1 unspecified atom stereocenters. The van der Waals surface area contributed by atoms with Crippen molar-refractivity contribution in [3.63, 3.8) is 0 Å². The topological polar surface area (TPSA) is 50.3 Å². The van der Waals surface area contributed by atoms with Crippen LogP contribution < -0.4 is 0 Å². The van der Waals surface area contributed by atoms with E-state index in [4.69, 9.17) is 0 Å². The lowest BCUT2D eigenvalue weighted by Gasteiger charge is -2.30. The minimum absolute atomic E-state index is 0.387. The first kappa shape index (κ1) is 18.5. The van der Waals surface area contributed by atoms with E-state index < -0.39 is 10.0 Å². The minimum Gasteiger partial charge on any atom is -0.246 e. The van der Waals surface area contributed by atoms with E-state index in [0.29, 0.717) is 29.8 Å². The molecule has 0 saturated carbocycles. The fourth-order valence-electron chi connectivity index (χ4n) is 3.26. The van der Waals surface area contributed by atoms with Gasteiger partial charge >= 0.3 is 0 Å². The Kier molecular flexibility index (Phi) is 5.61. The van der Waals surface area contributed by atoms with Crippen LogP contribution in [0.3, 0.4) is 0 Å². The Labute approximate surface area is 155 Å². The van der Waals surface area contributed by atoms with E-state index in [9.17, 15) is 8.42 Å². The van der Waals surface area contributed by atoms with Gasteiger partial charge < -0.3 is 0 Å². The standard InChI is InChI=1S/C19H26N2O2S2/c1-4-14(2)16-5-7-18(8-6-16)25(22,23)21-11-9-17(10-12-21)19-20-15(3)13-24-19/h5-8,13-14,17H,4,9-12H2,1-3H3. The highest BCUT2D eigenvalue weighted by Crippen LogP contribution is 2.32. The maximum atomic E-state index is 12.9. The molecule has 2 aromatic rings. The third-order valence-corrected chi connectivity index (χ3v) is 8.18. The number of nitrogens with zero attached hydrogens (tertiary/aromatic N) is 2. The zero-order valence-corrected chi connectivity index (χ0v) is 16.7.